The Morgan fingerprint density at radius 2 is 1.88 bits per heavy atom. The van der Waals surface area contributed by atoms with Gasteiger partial charge in [-0.2, -0.15) is 0 Å². The first-order chi connectivity index (χ1) is 8.04. The third-order valence-corrected chi connectivity index (χ3v) is 3.97. The number of ether oxygens (including phenoxy) is 1. The number of morpholine rings is 1. The molecule has 2 nitrogen and oxygen atoms in total. The zero-order chi connectivity index (χ0) is 12.0. The molecule has 0 saturated carbocycles. The molecule has 0 aliphatic carbocycles. The Morgan fingerprint density at radius 1 is 1.18 bits per heavy atom. The molecule has 2 heteroatoms. The van der Waals surface area contributed by atoms with Gasteiger partial charge in [0.15, 0.2) is 0 Å². The number of hydrogen-bond donors (Lipinski definition) is 0. The van der Waals surface area contributed by atoms with Crippen molar-refractivity contribution in [1.29, 1.82) is 0 Å². The highest BCUT2D eigenvalue weighted by Crippen LogP contribution is 2.33. The minimum Gasteiger partial charge on any atom is -0.374 e. The van der Waals surface area contributed by atoms with Gasteiger partial charge in [-0.05, 0) is 29.5 Å². The Balaban J connectivity index is 1.81. The highest BCUT2D eigenvalue weighted by Gasteiger charge is 2.38. The quantitative estimate of drug-likeness (QED) is 0.737. The van der Waals surface area contributed by atoms with E-state index in [9.17, 15) is 0 Å². The van der Waals surface area contributed by atoms with Crippen molar-refractivity contribution in [1.82, 2.24) is 0 Å². The Hall–Kier alpha value is -1.02. The second kappa shape index (κ2) is 3.74. The first-order valence-corrected chi connectivity index (χ1v) is 6.53. The van der Waals surface area contributed by atoms with Crippen molar-refractivity contribution in [3.63, 3.8) is 0 Å². The lowest BCUT2D eigenvalue weighted by atomic mass is 9.87. The van der Waals surface area contributed by atoms with E-state index < -0.39 is 0 Å². The molecule has 0 aromatic heterocycles. The van der Waals surface area contributed by atoms with Crippen LogP contribution in [0.15, 0.2) is 24.3 Å². The summed E-state index contributed by atoms with van der Waals surface area (Å²) < 4.78 is 5.64. The summed E-state index contributed by atoms with van der Waals surface area (Å²) in [6.07, 6.45) is 1.68. The van der Waals surface area contributed by atoms with E-state index in [2.05, 4.69) is 49.9 Å². The second-order valence-corrected chi connectivity index (χ2v) is 6.29. The van der Waals surface area contributed by atoms with Gasteiger partial charge in [0, 0.05) is 12.2 Å². The molecule has 0 amide bonds. The smallest absolute Gasteiger partial charge is 0.0771 e. The third kappa shape index (κ3) is 1.95. The summed E-state index contributed by atoms with van der Waals surface area (Å²) in [5.74, 6) is 0. The van der Waals surface area contributed by atoms with E-state index in [4.69, 9.17) is 4.74 Å². The highest BCUT2D eigenvalue weighted by molar-refractivity contribution is 5.51. The maximum atomic E-state index is 5.64. The van der Waals surface area contributed by atoms with Crippen molar-refractivity contribution in [2.45, 2.75) is 44.8 Å². The van der Waals surface area contributed by atoms with Crippen LogP contribution in [0.2, 0.25) is 0 Å². The largest absolute Gasteiger partial charge is 0.374 e. The molecule has 2 saturated heterocycles. The maximum absolute atomic E-state index is 5.64. The van der Waals surface area contributed by atoms with Crippen LogP contribution in [0.5, 0.6) is 0 Å². The standard InChI is InChI=1S/C15H21NO/c1-15(2,3)11-4-6-12(7-5-11)16-9-14-8-13(16)10-17-14/h4-7,13-14H,8-10H2,1-3H3/t13-,14-/m1/s1. The second-order valence-electron chi connectivity index (χ2n) is 6.29. The Labute approximate surface area is 104 Å². The lowest BCUT2D eigenvalue weighted by Crippen LogP contribution is -2.36. The van der Waals surface area contributed by atoms with E-state index in [1.807, 2.05) is 0 Å². The summed E-state index contributed by atoms with van der Waals surface area (Å²) in [4.78, 5) is 2.50. The summed E-state index contributed by atoms with van der Waals surface area (Å²) in [5.41, 5.74) is 3.00. The number of anilines is 1. The number of nitrogens with zero attached hydrogens (tertiary/aromatic N) is 1. The van der Waals surface area contributed by atoms with Crippen LogP contribution in [0.25, 0.3) is 0 Å². The fourth-order valence-corrected chi connectivity index (χ4v) is 2.87. The van der Waals surface area contributed by atoms with E-state index >= 15 is 0 Å². The highest BCUT2D eigenvalue weighted by atomic mass is 16.5. The molecule has 2 atom stereocenters. The molecule has 2 aliphatic heterocycles. The van der Waals surface area contributed by atoms with Gasteiger partial charge >= 0.3 is 0 Å². The van der Waals surface area contributed by atoms with E-state index in [-0.39, 0.29) is 5.41 Å². The molecule has 0 radical (unpaired) electrons. The zero-order valence-electron chi connectivity index (χ0n) is 10.9. The molecule has 2 aliphatic rings. The van der Waals surface area contributed by atoms with Crippen LogP contribution < -0.4 is 4.90 Å². The molecule has 1 aromatic rings. The molecular formula is C15H21NO. The Bertz CT molecular complexity index is 404. The monoisotopic (exact) mass is 231 g/mol. The van der Waals surface area contributed by atoms with Gasteiger partial charge in [-0.25, -0.2) is 0 Å². The molecule has 0 N–H and O–H groups in total. The lowest BCUT2D eigenvalue weighted by molar-refractivity contribution is 0.0991. The third-order valence-electron chi connectivity index (χ3n) is 3.97. The summed E-state index contributed by atoms with van der Waals surface area (Å²) in [6, 6.07) is 9.67. The van der Waals surface area contributed by atoms with Crippen molar-refractivity contribution in [2.24, 2.45) is 0 Å². The van der Waals surface area contributed by atoms with Gasteiger partial charge in [0.1, 0.15) is 0 Å². The SMILES string of the molecule is CC(C)(C)c1ccc(N2C[C@H]3C[C@@H]2CO3)cc1. The molecule has 0 spiro atoms. The van der Waals surface area contributed by atoms with E-state index in [1.165, 1.54) is 17.7 Å². The summed E-state index contributed by atoms with van der Waals surface area (Å²) in [6.45, 7) is 8.75. The predicted molar refractivity (Wildman–Crippen MR) is 70.6 cm³/mol. The van der Waals surface area contributed by atoms with E-state index in [1.54, 1.807) is 0 Å². The normalized spacial score (nSPS) is 27.8. The van der Waals surface area contributed by atoms with Crippen LogP contribution in [0.3, 0.4) is 0 Å². The first-order valence-electron chi connectivity index (χ1n) is 6.53. The van der Waals surface area contributed by atoms with Crippen molar-refractivity contribution in [3.05, 3.63) is 29.8 Å². The van der Waals surface area contributed by atoms with Gasteiger partial charge in [-0.1, -0.05) is 32.9 Å². The van der Waals surface area contributed by atoms with Crippen LogP contribution in [0.1, 0.15) is 32.8 Å². The summed E-state index contributed by atoms with van der Waals surface area (Å²) in [7, 11) is 0. The molecule has 2 fully saturated rings. The van der Waals surface area contributed by atoms with Gasteiger partial charge in [0.2, 0.25) is 0 Å². The van der Waals surface area contributed by atoms with Crippen molar-refractivity contribution in [2.75, 3.05) is 18.1 Å². The fraction of sp³-hybridized carbons (Fsp3) is 0.600. The topological polar surface area (TPSA) is 12.5 Å². The molecule has 3 rings (SSSR count). The molecule has 2 bridgehead atoms. The van der Waals surface area contributed by atoms with Gasteiger partial charge < -0.3 is 9.64 Å². The summed E-state index contributed by atoms with van der Waals surface area (Å²) >= 11 is 0. The van der Waals surface area contributed by atoms with E-state index in [0.717, 1.165) is 13.2 Å². The van der Waals surface area contributed by atoms with Gasteiger partial charge in [-0.3, -0.25) is 0 Å². The van der Waals surface area contributed by atoms with Crippen molar-refractivity contribution >= 4 is 5.69 Å². The van der Waals surface area contributed by atoms with Crippen molar-refractivity contribution < 1.29 is 4.74 Å². The number of fused-ring (bicyclic) bond motifs is 2. The van der Waals surface area contributed by atoms with Gasteiger partial charge in [0.25, 0.3) is 0 Å². The van der Waals surface area contributed by atoms with Gasteiger partial charge in [-0.15, -0.1) is 0 Å². The van der Waals surface area contributed by atoms with Crippen LogP contribution >= 0.6 is 0 Å². The van der Waals surface area contributed by atoms with Gasteiger partial charge in [0.05, 0.1) is 18.8 Å². The molecule has 1 aromatic carbocycles. The Kier molecular flexibility index (Phi) is 2.44. The van der Waals surface area contributed by atoms with E-state index in [0.29, 0.717) is 12.1 Å². The zero-order valence-corrected chi connectivity index (χ0v) is 10.9. The average Bonchev–Trinajstić information content (AvgIpc) is 2.89. The summed E-state index contributed by atoms with van der Waals surface area (Å²) in [5, 5.41) is 0. The molecule has 17 heavy (non-hydrogen) atoms. The minimum absolute atomic E-state index is 0.242. The number of hydrogen-bond acceptors (Lipinski definition) is 2. The minimum atomic E-state index is 0.242. The predicted octanol–water partition coefficient (Wildman–Crippen LogP) is 2.96. The average molecular weight is 231 g/mol. The maximum Gasteiger partial charge on any atom is 0.0771 e. The Morgan fingerprint density at radius 3 is 2.35 bits per heavy atom. The first kappa shape index (κ1) is 11.1. The molecular weight excluding hydrogens is 210 g/mol. The van der Waals surface area contributed by atoms with Crippen LogP contribution in [0.4, 0.5) is 5.69 Å². The molecule has 2 heterocycles. The number of benzene rings is 1. The lowest BCUT2D eigenvalue weighted by Gasteiger charge is -2.29. The van der Waals surface area contributed by atoms with Crippen LogP contribution in [-0.4, -0.2) is 25.3 Å². The van der Waals surface area contributed by atoms with Crippen molar-refractivity contribution in [3.8, 4) is 0 Å². The van der Waals surface area contributed by atoms with Crippen LogP contribution in [-0.2, 0) is 10.2 Å². The van der Waals surface area contributed by atoms with Crippen LogP contribution in [0, 0.1) is 0 Å². The number of rotatable bonds is 1. The molecule has 92 valence electrons. The fourth-order valence-electron chi connectivity index (χ4n) is 2.87. The molecule has 0 unspecified atom stereocenters.